The van der Waals surface area contributed by atoms with Gasteiger partial charge in [0, 0.05) is 37.0 Å². The molecule has 0 spiro atoms. The van der Waals surface area contributed by atoms with E-state index in [4.69, 9.17) is 0 Å². The normalized spacial score (nSPS) is 10.2. The third-order valence-corrected chi connectivity index (χ3v) is 2.47. The van der Waals surface area contributed by atoms with Crippen molar-refractivity contribution in [1.82, 2.24) is 15.1 Å². The molecular weight excluding hydrogens is 182 g/mol. The van der Waals surface area contributed by atoms with Gasteiger partial charge in [-0.1, -0.05) is 6.08 Å². The topological polar surface area (TPSA) is 29.9 Å². The van der Waals surface area contributed by atoms with E-state index in [1.165, 1.54) is 4.90 Å². The third-order valence-electron chi connectivity index (χ3n) is 1.52. The minimum Gasteiger partial charge on any atom is -0.312 e. The molecule has 13 heavy (non-hydrogen) atoms. The van der Waals surface area contributed by atoms with Crippen LogP contribution < -0.4 is 5.32 Å². The average molecular weight is 197 g/mol. The number of nitrogens with zero attached hydrogens (tertiary/aromatic N) is 2. The van der Waals surface area contributed by atoms with Gasteiger partial charge in [0.2, 0.25) is 0 Å². The molecular formula is C9H15N3S. The van der Waals surface area contributed by atoms with Crippen LogP contribution in [0.1, 0.15) is 0 Å². The minimum atomic E-state index is 0.883. The first-order valence-corrected chi connectivity index (χ1v) is 5.24. The first kappa shape index (κ1) is 10.3. The van der Waals surface area contributed by atoms with Gasteiger partial charge in [0.05, 0.1) is 6.20 Å². The molecule has 3 nitrogen and oxygen atoms in total. The highest BCUT2D eigenvalue weighted by Crippen LogP contribution is 2.14. The first-order chi connectivity index (χ1) is 6.33. The monoisotopic (exact) mass is 197 g/mol. The minimum absolute atomic E-state index is 0.883. The van der Waals surface area contributed by atoms with Crippen LogP contribution in [0.15, 0.2) is 29.9 Å². The van der Waals surface area contributed by atoms with Gasteiger partial charge < -0.3 is 5.32 Å². The molecule has 0 aliphatic heterocycles. The fourth-order valence-electron chi connectivity index (χ4n) is 0.918. The van der Waals surface area contributed by atoms with Crippen molar-refractivity contribution >= 4 is 11.8 Å². The van der Waals surface area contributed by atoms with Gasteiger partial charge in [-0.25, -0.2) is 0 Å². The van der Waals surface area contributed by atoms with Crippen molar-refractivity contribution < 1.29 is 0 Å². The number of rotatable bonds is 6. The van der Waals surface area contributed by atoms with Crippen LogP contribution in [0.4, 0.5) is 0 Å². The summed E-state index contributed by atoms with van der Waals surface area (Å²) in [6.07, 6.45) is 5.78. The SMILES string of the molecule is C=CCNCCSc1cnn(C)c1. The number of hydrogen-bond donors (Lipinski definition) is 1. The van der Waals surface area contributed by atoms with Crippen LogP contribution in [-0.4, -0.2) is 28.6 Å². The van der Waals surface area contributed by atoms with Crippen LogP contribution in [0.5, 0.6) is 0 Å². The van der Waals surface area contributed by atoms with Crippen LogP contribution in [0.3, 0.4) is 0 Å². The Hall–Kier alpha value is -0.740. The molecule has 0 bridgehead atoms. The first-order valence-electron chi connectivity index (χ1n) is 4.26. The molecule has 1 aromatic rings. The molecule has 0 unspecified atom stereocenters. The van der Waals surface area contributed by atoms with E-state index in [-0.39, 0.29) is 0 Å². The number of thioether (sulfide) groups is 1. The highest BCUT2D eigenvalue weighted by Gasteiger charge is 1.95. The van der Waals surface area contributed by atoms with Gasteiger partial charge in [-0.15, -0.1) is 18.3 Å². The Bertz CT molecular complexity index is 257. The number of aromatic nitrogens is 2. The van der Waals surface area contributed by atoms with Gasteiger partial charge in [0.15, 0.2) is 0 Å². The Balaban J connectivity index is 2.09. The standard InChI is InChI=1S/C9H15N3S/c1-3-4-10-5-6-13-9-7-11-12(2)8-9/h3,7-8,10H,1,4-6H2,2H3. The van der Waals surface area contributed by atoms with Gasteiger partial charge in [-0.05, 0) is 0 Å². The Kier molecular flexibility index (Phi) is 4.64. The molecule has 1 N–H and O–H groups in total. The molecule has 0 atom stereocenters. The van der Waals surface area contributed by atoms with Gasteiger partial charge in [0.1, 0.15) is 0 Å². The zero-order valence-electron chi connectivity index (χ0n) is 7.86. The number of hydrogen-bond acceptors (Lipinski definition) is 3. The van der Waals surface area contributed by atoms with Crippen molar-refractivity contribution in [2.75, 3.05) is 18.8 Å². The van der Waals surface area contributed by atoms with Crippen LogP contribution >= 0.6 is 11.8 Å². The zero-order valence-corrected chi connectivity index (χ0v) is 8.68. The average Bonchev–Trinajstić information content (AvgIpc) is 2.51. The second kappa shape index (κ2) is 5.83. The molecule has 0 aromatic carbocycles. The van der Waals surface area contributed by atoms with Gasteiger partial charge >= 0.3 is 0 Å². The molecule has 72 valence electrons. The molecule has 0 saturated heterocycles. The van der Waals surface area contributed by atoms with Crippen molar-refractivity contribution in [1.29, 1.82) is 0 Å². The third kappa shape index (κ3) is 4.15. The van der Waals surface area contributed by atoms with Crippen molar-refractivity contribution in [2.24, 2.45) is 7.05 Å². The lowest BCUT2D eigenvalue weighted by Crippen LogP contribution is -2.16. The summed E-state index contributed by atoms with van der Waals surface area (Å²) in [5.74, 6) is 1.07. The largest absolute Gasteiger partial charge is 0.312 e. The smallest absolute Gasteiger partial charge is 0.0625 e. The lowest BCUT2D eigenvalue weighted by Gasteiger charge is -1.99. The molecule has 0 aliphatic carbocycles. The second-order valence-corrected chi connectivity index (χ2v) is 3.86. The summed E-state index contributed by atoms with van der Waals surface area (Å²) in [5.41, 5.74) is 0. The van der Waals surface area contributed by atoms with Gasteiger partial charge in [-0.2, -0.15) is 5.10 Å². The molecule has 0 fully saturated rings. The summed E-state index contributed by atoms with van der Waals surface area (Å²) in [6.45, 7) is 5.53. The molecule has 1 aromatic heterocycles. The van der Waals surface area contributed by atoms with E-state index in [9.17, 15) is 0 Å². The maximum absolute atomic E-state index is 4.09. The summed E-state index contributed by atoms with van der Waals surface area (Å²) in [7, 11) is 1.93. The summed E-state index contributed by atoms with van der Waals surface area (Å²) in [4.78, 5) is 1.22. The molecule has 0 saturated carbocycles. The predicted molar refractivity (Wildman–Crippen MR) is 57.0 cm³/mol. The molecule has 1 heterocycles. The Morgan fingerprint density at radius 1 is 1.77 bits per heavy atom. The summed E-state index contributed by atoms with van der Waals surface area (Å²) < 4.78 is 1.82. The second-order valence-electron chi connectivity index (χ2n) is 2.69. The highest BCUT2D eigenvalue weighted by atomic mass is 32.2. The Labute approximate surface area is 83.2 Å². The van der Waals surface area contributed by atoms with Crippen LogP contribution in [0.25, 0.3) is 0 Å². The fourth-order valence-corrected chi connectivity index (χ4v) is 1.75. The molecule has 0 aliphatic rings. The summed E-state index contributed by atoms with van der Waals surface area (Å²) in [5, 5.41) is 7.34. The Morgan fingerprint density at radius 2 is 2.62 bits per heavy atom. The van der Waals surface area contributed by atoms with E-state index < -0.39 is 0 Å². The van der Waals surface area contributed by atoms with E-state index >= 15 is 0 Å². The van der Waals surface area contributed by atoms with E-state index in [0.29, 0.717) is 0 Å². The lowest BCUT2D eigenvalue weighted by atomic mass is 10.6. The fraction of sp³-hybridized carbons (Fsp3) is 0.444. The predicted octanol–water partition coefficient (Wildman–Crippen LogP) is 1.29. The van der Waals surface area contributed by atoms with Gasteiger partial charge in [0.25, 0.3) is 0 Å². The highest BCUT2D eigenvalue weighted by molar-refractivity contribution is 7.99. The molecule has 0 amide bonds. The van der Waals surface area contributed by atoms with Crippen molar-refractivity contribution in [3.63, 3.8) is 0 Å². The van der Waals surface area contributed by atoms with Crippen LogP contribution in [0, 0.1) is 0 Å². The van der Waals surface area contributed by atoms with Crippen molar-refractivity contribution in [3.8, 4) is 0 Å². The number of nitrogens with one attached hydrogen (secondary N) is 1. The number of aryl methyl sites for hydroxylation is 1. The van der Waals surface area contributed by atoms with E-state index in [0.717, 1.165) is 18.8 Å². The summed E-state index contributed by atoms with van der Waals surface area (Å²) in [6, 6.07) is 0. The molecule has 4 heteroatoms. The maximum atomic E-state index is 4.09. The van der Waals surface area contributed by atoms with E-state index in [1.807, 2.05) is 42.0 Å². The summed E-state index contributed by atoms with van der Waals surface area (Å²) >= 11 is 1.81. The van der Waals surface area contributed by atoms with E-state index in [2.05, 4.69) is 17.0 Å². The quantitative estimate of drug-likeness (QED) is 0.423. The van der Waals surface area contributed by atoms with E-state index in [1.54, 1.807) is 0 Å². The zero-order chi connectivity index (χ0) is 9.52. The lowest BCUT2D eigenvalue weighted by molar-refractivity contribution is 0.766. The van der Waals surface area contributed by atoms with Gasteiger partial charge in [-0.3, -0.25) is 4.68 Å². The maximum Gasteiger partial charge on any atom is 0.0625 e. The van der Waals surface area contributed by atoms with Crippen molar-refractivity contribution in [2.45, 2.75) is 4.90 Å². The van der Waals surface area contributed by atoms with Crippen molar-refractivity contribution in [3.05, 3.63) is 25.0 Å². The Morgan fingerprint density at radius 3 is 3.23 bits per heavy atom. The van der Waals surface area contributed by atoms with Crippen LogP contribution in [-0.2, 0) is 7.05 Å². The molecule has 0 radical (unpaired) electrons. The molecule has 1 rings (SSSR count). The van der Waals surface area contributed by atoms with Crippen LogP contribution in [0.2, 0.25) is 0 Å².